The van der Waals surface area contributed by atoms with Gasteiger partial charge in [0.1, 0.15) is 0 Å². The molecule has 0 aromatic carbocycles. The summed E-state index contributed by atoms with van der Waals surface area (Å²) in [5.41, 5.74) is 5.21. The molecule has 0 aliphatic carbocycles. The fraction of sp³-hybridized carbons (Fsp3) is 0.500. The summed E-state index contributed by atoms with van der Waals surface area (Å²) in [4.78, 5) is 14.4. The van der Waals surface area contributed by atoms with Crippen LogP contribution in [0, 0.1) is 13.8 Å². The Morgan fingerprint density at radius 2 is 1.95 bits per heavy atom. The summed E-state index contributed by atoms with van der Waals surface area (Å²) in [6.45, 7) is 10.4. The maximum Gasteiger partial charge on any atom is 0.171 e. The van der Waals surface area contributed by atoms with Crippen molar-refractivity contribution in [2.75, 3.05) is 13.1 Å². The van der Waals surface area contributed by atoms with Crippen molar-refractivity contribution in [3.05, 3.63) is 28.7 Å². The molecule has 1 unspecified atom stereocenters. The molecule has 19 heavy (non-hydrogen) atoms. The summed E-state index contributed by atoms with van der Waals surface area (Å²) >= 11 is 1.57. The largest absolute Gasteiger partial charge is 0.316 e. The van der Waals surface area contributed by atoms with E-state index in [-0.39, 0.29) is 0 Å². The van der Waals surface area contributed by atoms with Crippen LogP contribution in [0.5, 0.6) is 0 Å². The van der Waals surface area contributed by atoms with Crippen LogP contribution >= 0.6 is 11.3 Å². The minimum Gasteiger partial charge on any atom is -0.316 e. The van der Waals surface area contributed by atoms with Crippen molar-refractivity contribution in [2.24, 2.45) is 0 Å². The number of hydrogen-bond acceptors (Lipinski definition) is 5. The first-order valence-corrected chi connectivity index (χ1v) is 7.46. The Morgan fingerprint density at radius 3 is 2.47 bits per heavy atom. The van der Waals surface area contributed by atoms with Crippen molar-refractivity contribution in [2.45, 2.75) is 33.6 Å². The number of likely N-dealkylation sites (N-methyl/N-ethyl adjacent to an activating group) is 1. The second-order valence-electron chi connectivity index (χ2n) is 4.71. The van der Waals surface area contributed by atoms with Gasteiger partial charge >= 0.3 is 0 Å². The maximum absolute atomic E-state index is 4.64. The third-order valence-corrected chi connectivity index (χ3v) is 3.94. The summed E-state index contributed by atoms with van der Waals surface area (Å²) in [6.07, 6.45) is 1.82. The highest BCUT2D eigenvalue weighted by Gasteiger charge is 2.15. The molecule has 0 aliphatic rings. The molecule has 1 N–H and O–H groups in total. The van der Waals surface area contributed by atoms with Gasteiger partial charge in [0, 0.05) is 24.1 Å². The van der Waals surface area contributed by atoms with Crippen molar-refractivity contribution >= 4 is 11.3 Å². The smallest absolute Gasteiger partial charge is 0.171 e. The average Bonchev–Trinajstić information content (AvgIpc) is 2.89. The molecule has 2 aromatic heterocycles. The van der Waals surface area contributed by atoms with Crippen molar-refractivity contribution in [3.8, 4) is 10.7 Å². The lowest BCUT2D eigenvalue weighted by Gasteiger charge is -2.17. The Balaban J connectivity index is 2.32. The molecule has 0 fully saturated rings. The second-order valence-corrected chi connectivity index (χ2v) is 5.59. The topological polar surface area (TPSA) is 50.7 Å². The molecule has 4 nitrogen and oxygen atoms in total. The number of rotatable bonds is 5. The van der Waals surface area contributed by atoms with Crippen LogP contribution in [0.1, 0.15) is 36.7 Å². The number of aryl methyl sites for hydroxylation is 2. The van der Waals surface area contributed by atoms with Gasteiger partial charge in [-0.05, 0) is 31.9 Å². The lowest BCUT2D eigenvalue weighted by Crippen LogP contribution is -2.21. The predicted octanol–water partition coefficient (Wildman–Crippen LogP) is 2.93. The minimum atomic E-state index is 0.426. The number of hydrogen-bond donors (Lipinski definition) is 1. The van der Waals surface area contributed by atoms with Crippen LogP contribution in [0.15, 0.2) is 11.7 Å². The van der Waals surface area contributed by atoms with Gasteiger partial charge in [-0.2, -0.15) is 0 Å². The lowest BCUT2D eigenvalue weighted by molar-refractivity contribution is 0.625. The van der Waals surface area contributed by atoms with Gasteiger partial charge in [-0.3, -0.25) is 4.98 Å². The second kappa shape index (κ2) is 6.21. The Labute approximate surface area is 118 Å². The summed E-state index contributed by atoms with van der Waals surface area (Å²) < 4.78 is 0. The van der Waals surface area contributed by atoms with E-state index >= 15 is 0 Å². The molecular formula is C14H20N4S. The standard InChI is InChI=1S/C14H20N4S/c1-5-15-6-9(2)13-10(3)17-14(18-11(13)4)12-7-16-8-19-12/h7-9,15H,5-6H2,1-4H3. The monoisotopic (exact) mass is 276 g/mol. The van der Waals surface area contributed by atoms with Crippen molar-refractivity contribution in [3.63, 3.8) is 0 Å². The molecule has 0 spiro atoms. The Kier molecular flexibility index (Phi) is 4.61. The average molecular weight is 276 g/mol. The van der Waals surface area contributed by atoms with Gasteiger partial charge in [0.25, 0.3) is 0 Å². The number of nitrogens with zero attached hydrogens (tertiary/aromatic N) is 3. The highest BCUT2D eigenvalue weighted by Crippen LogP contribution is 2.25. The first kappa shape index (κ1) is 14.1. The molecule has 102 valence electrons. The molecule has 5 heteroatoms. The molecule has 0 amide bonds. The lowest BCUT2D eigenvalue weighted by atomic mass is 9.98. The van der Waals surface area contributed by atoms with Crippen molar-refractivity contribution in [1.82, 2.24) is 20.3 Å². The van der Waals surface area contributed by atoms with Gasteiger partial charge in [-0.1, -0.05) is 13.8 Å². The molecule has 2 aromatic rings. The molecule has 2 heterocycles. The van der Waals surface area contributed by atoms with E-state index in [1.165, 1.54) is 5.56 Å². The highest BCUT2D eigenvalue weighted by atomic mass is 32.1. The Morgan fingerprint density at radius 1 is 1.26 bits per heavy atom. The quantitative estimate of drug-likeness (QED) is 0.912. The zero-order chi connectivity index (χ0) is 13.8. The predicted molar refractivity (Wildman–Crippen MR) is 79.6 cm³/mol. The van der Waals surface area contributed by atoms with E-state index in [0.717, 1.165) is 35.2 Å². The molecular weight excluding hydrogens is 256 g/mol. The minimum absolute atomic E-state index is 0.426. The highest BCUT2D eigenvalue weighted by molar-refractivity contribution is 7.13. The van der Waals surface area contributed by atoms with Gasteiger partial charge in [0.05, 0.1) is 10.4 Å². The van der Waals surface area contributed by atoms with E-state index in [4.69, 9.17) is 0 Å². The van der Waals surface area contributed by atoms with Crippen molar-refractivity contribution < 1.29 is 0 Å². The van der Waals surface area contributed by atoms with Crippen LogP contribution in [0.2, 0.25) is 0 Å². The summed E-state index contributed by atoms with van der Waals surface area (Å²) in [5.74, 6) is 1.22. The van der Waals surface area contributed by atoms with E-state index in [2.05, 4.69) is 48.0 Å². The first-order chi connectivity index (χ1) is 9.13. The fourth-order valence-electron chi connectivity index (χ4n) is 2.34. The van der Waals surface area contributed by atoms with E-state index in [1.807, 2.05) is 11.7 Å². The SMILES string of the molecule is CCNCC(C)c1c(C)nc(-c2cncs2)nc1C. The molecule has 0 saturated carbocycles. The Hall–Kier alpha value is -1.33. The number of nitrogens with one attached hydrogen (secondary N) is 1. The molecule has 0 bridgehead atoms. The van der Waals surface area contributed by atoms with Crippen LogP contribution in [0.3, 0.4) is 0 Å². The van der Waals surface area contributed by atoms with E-state index in [0.29, 0.717) is 5.92 Å². The van der Waals surface area contributed by atoms with Gasteiger partial charge < -0.3 is 5.32 Å². The summed E-state index contributed by atoms with van der Waals surface area (Å²) in [5, 5.41) is 3.38. The molecule has 0 aliphatic heterocycles. The third kappa shape index (κ3) is 3.16. The van der Waals surface area contributed by atoms with Gasteiger partial charge in [0.15, 0.2) is 5.82 Å². The zero-order valence-electron chi connectivity index (χ0n) is 11.9. The molecule has 0 saturated heterocycles. The van der Waals surface area contributed by atoms with Crippen LogP contribution in [0.25, 0.3) is 10.7 Å². The maximum atomic E-state index is 4.64. The van der Waals surface area contributed by atoms with Gasteiger partial charge in [-0.25, -0.2) is 9.97 Å². The zero-order valence-corrected chi connectivity index (χ0v) is 12.7. The normalized spacial score (nSPS) is 12.6. The summed E-state index contributed by atoms with van der Waals surface area (Å²) in [7, 11) is 0. The fourth-order valence-corrected chi connectivity index (χ4v) is 2.89. The van der Waals surface area contributed by atoms with E-state index in [1.54, 1.807) is 11.3 Å². The number of thiazole rings is 1. The first-order valence-electron chi connectivity index (χ1n) is 6.58. The third-order valence-electron chi connectivity index (χ3n) is 3.17. The molecule has 2 rings (SSSR count). The van der Waals surface area contributed by atoms with Crippen LogP contribution in [0.4, 0.5) is 0 Å². The van der Waals surface area contributed by atoms with Crippen molar-refractivity contribution in [1.29, 1.82) is 0 Å². The number of aromatic nitrogens is 3. The van der Waals surface area contributed by atoms with Crippen LogP contribution < -0.4 is 5.32 Å². The molecule has 1 atom stereocenters. The van der Waals surface area contributed by atoms with E-state index < -0.39 is 0 Å². The summed E-state index contributed by atoms with van der Waals surface area (Å²) in [6, 6.07) is 0. The van der Waals surface area contributed by atoms with Gasteiger partial charge in [-0.15, -0.1) is 11.3 Å². The van der Waals surface area contributed by atoms with Gasteiger partial charge in [0.2, 0.25) is 0 Å². The van der Waals surface area contributed by atoms with Crippen LogP contribution in [-0.2, 0) is 0 Å². The van der Waals surface area contributed by atoms with E-state index in [9.17, 15) is 0 Å². The Bertz CT molecular complexity index is 513. The molecule has 0 radical (unpaired) electrons. The van der Waals surface area contributed by atoms with Crippen LogP contribution in [-0.4, -0.2) is 28.0 Å².